The molecule has 2 aromatic carbocycles. The van der Waals surface area contributed by atoms with Gasteiger partial charge in [-0.15, -0.1) is 0 Å². The number of fused-ring (bicyclic) bond motifs is 1. The summed E-state index contributed by atoms with van der Waals surface area (Å²) in [5, 5.41) is 0. The Bertz CT molecular complexity index is 1590. The Morgan fingerprint density at radius 3 is 2.49 bits per heavy atom. The molecular formula is C24H18F3N5O2S. The minimum absolute atomic E-state index is 0.186. The Morgan fingerprint density at radius 1 is 1.06 bits per heavy atom. The van der Waals surface area contributed by atoms with Crippen molar-refractivity contribution in [3.8, 4) is 28.5 Å². The summed E-state index contributed by atoms with van der Waals surface area (Å²) >= 11 is 1.05. The van der Waals surface area contributed by atoms with Gasteiger partial charge >= 0.3 is 11.0 Å². The molecule has 0 amide bonds. The number of hydrogen-bond donors (Lipinski definition) is 0. The largest absolute Gasteiger partial charge is 0.496 e. The molecule has 0 saturated carbocycles. The first-order valence-corrected chi connectivity index (χ1v) is 11.3. The first kappa shape index (κ1) is 22.8. The fourth-order valence-corrected chi connectivity index (χ4v) is 4.58. The topological polar surface area (TPSA) is 74.8 Å². The summed E-state index contributed by atoms with van der Waals surface area (Å²) in [7, 11) is 3.08. The molecule has 0 saturated heterocycles. The maximum Gasteiger partial charge on any atom is 0.434 e. The van der Waals surface area contributed by atoms with E-state index in [1.807, 2.05) is 24.3 Å². The summed E-state index contributed by atoms with van der Waals surface area (Å²) in [6, 6.07) is 14.2. The van der Waals surface area contributed by atoms with Gasteiger partial charge in [0.05, 0.1) is 30.1 Å². The van der Waals surface area contributed by atoms with Gasteiger partial charge in [0.15, 0.2) is 17.2 Å². The maximum atomic E-state index is 13.0. The molecule has 0 aliphatic rings. The lowest BCUT2D eigenvalue weighted by Crippen LogP contribution is -2.14. The van der Waals surface area contributed by atoms with Crippen LogP contribution in [-0.4, -0.2) is 31.2 Å². The van der Waals surface area contributed by atoms with Gasteiger partial charge in [0.2, 0.25) is 0 Å². The molecule has 0 N–H and O–H groups in total. The average molecular weight is 498 g/mol. The van der Waals surface area contributed by atoms with E-state index < -0.39 is 11.9 Å². The van der Waals surface area contributed by atoms with E-state index in [9.17, 15) is 18.0 Å². The van der Waals surface area contributed by atoms with Gasteiger partial charge < -0.3 is 9.30 Å². The fourth-order valence-electron chi connectivity index (χ4n) is 3.77. The molecule has 0 radical (unpaired) electrons. The minimum atomic E-state index is -4.51. The summed E-state index contributed by atoms with van der Waals surface area (Å²) in [4.78, 5) is 25.3. The number of nitrogens with zero attached hydrogens (tertiary/aromatic N) is 5. The van der Waals surface area contributed by atoms with Gasteiger partial charge in [-0.3, -0.25) is 9.36 Å². The number of hydrogen-bond acceptors (Lipinski definition) is 6. The zero-order chi connectivity index (χ0) is 24.7. The van der Waals surface area contributed by atoms with Crippen molar-refractivity contribution in [2.24, 2.45) is 7.05 Å². The normalized spacial score (nSPS) is 11.8. The Balaban J connectivity index is 1.47. The number of thiazole rings is 1. The summed E-state index contributed by atoms with van der Waals surface area (Å²) in [6.45, 7) is 0.246. The molecule has 0 aliphatic heterocycles. The van der Waals surface area contributed by atoms with Crippen molar-refractivity contribution >= 4 is 21.7 Å². The van der Waals surface area contributed by atoms with Crippen molar-refractivity contribution in [1.82, 2.24) is 24.1 Å². The average Bonchev–Trinajstić information content (AvgIpc) is 3.39. The minimum Gasteiger partial charge on any atom is -0.496 e. The van der Waals surface area contributed by atoms with Crippen molar-refractivity contribution in [2.45, 2.75) is 12.7 Å². The molecule has 0 fully saturated rings. The number of aromatic nitrogens is 5. The SMILES string of the molecule is COc1ccccc1-c1ncc2sc(=O)n(Cc3ccc(-c4nc(C(F)(F)F)cn4C)cc3)c2n1. The molecule has 7 nitrogen and oxygen atoms in total. The van der Waals surface area contributed by atoms with E-state index in [-0.39, 0.29) is 17.2 Å². The summed E-state index contributed by atoms with van der Waals surface area (Å²) in [5.41, 5.74) is 1.59. The summed E-state index contributed by atoms with van der Waals surface area (Å²) < 4.78 is 47.9. The number of aryl methyl sites for hydroxylation is 1. The van der Waals surface area contributed by atoms with Crippen molar-refractivity contribution < 1.29 is 17.9 Å². The van der Waals surface area contributed by atoms with Crippen molar-refractivity contribution in [2.75, 3.05) is 7.11 Å². The molecule has 178 valence electrons. The number of ether oxygens (including phenoxy) is 1. The van der Waals surface area contributed by atoms with E-state index in [0.717, 1.165) is 23.1 Å². The first-order valence-electron chi connectivity index (χ1n) is 10.4. The molecule has 0 aliphatic carbocycles. The van der Waals surface area contributed by atoms with Crippen molar-refractivity contribution in [3.63, 3.8) is 0 Å². The van der Waals surface area contributed by atoms with Crippen LogP contribution in [0.2, 0.25) is 0 Å². The van der Waals surface area contributed by atoms with Crippen LogP contribution in [0.5, 0.6) is 5.75 Å². The lowest BCUT2D eigenvalue weighted by molar-refractivity contribution is -0.140. The Kier molecular flexibility index (Phi) is 5.64. The third-order valence-electron chi connectivity index (χ3n) is 5.48. The van der Waals surface area contributed by atoms with Crippen LogP contribution in [-0.2, 0) is 19.8 Å². The molecule has 35 heavy (non-hydrogen) atoms. The van der Waals surface area contributed by atoms with Crippen LogP contribution in [0.25, 0.3) is 33.1 Å². The summed E-state index contributed by atoms with van der Waals surface area (Å²) in [5.74, 6) is 1.26. The van der Waals surface area contributed by atoms with Gasteiger partial charge in [0, 0.05) is 18.8 Å². The lowest BCUT2D eigenvalue weighted by atomic mass is 10.1. The van der Waals surface area contributed by atoms with Gasteiger partial charge in [-0.25, -0.2) is 15.0 Å². The van der Waals surface area contributed by atoms with Crippen LogP contribution in [0, 0.1) is 0 Å². The highest BCUT2D eigenvalue weighted by atomic mass is 32.1. The highest BCUT2D eigenvalue weighted by molar-refractivity contribution is 7.16. The number of para-hydroxylation sites is 1. The molecule has 0 atom stereocenters. The van der Waals surface area contributed by atoms with E-state index in [4.69, 9.17) is 4.74 Å². The van der Waals surface area contributed by atoms with Crippen LogP contribution in [0.1, 0.15) is 11.3 Å². The molecule has 3 aromatic heterocycles. The molecule has 0 unspecified atom stereocenters. The van der Waals surface area contributed by atoms with Gasteiger partial charge in [-0.1, -0.05) is 47.7 Å². The number of imidazole rings is 1. The van der Waals surface area contributed by atoms with Crippen LogP contribution >= 0.6 is 11.3 Å². The number of halogens is 3. The Labute approximate surface area is 201 Å². The smallest absolute Gasteiger partial charge is 0.434 e. The summed E-state index contributed by atoms with van der Waals surface area (Å²) in [6.07, 6.45) is -1.93. The second-order valence-corrected chi connectivity index (χ2v) is 8.78. The van der Waals surface area contributed by atoms with Crippen LogP contribution in [0.4, 0.5) is 13.2 Å². The van der Waals surface area contributed by atoms with E-state index in [0.29, 0.717) is 33.0 Å². The molecule has 0 spiro atoms. The van der Waals surface area contributed by atoms with E-state index >= 15 is 0 Å². The van der Waals surface area contributed by atoms with Crippen LogP contribution in [0.15, 0.2) is 65.7 Å². The van der Waals surface area contributed by atoms with Gasteiger partial charge in [-0.05, 0) is 17.7 Å². The zero-order valence-electron chi connectivity index (χ0n) is 18.6. The van der Waals surface area contributed by atoms with Gasteiger partial charge in [-0.2, -0.15) is 13.2 Å². The molecule has 5 aromatic rings. The standard InChI is InChI=1S/C24H18F3N5O2S/c1-31-13-19(24(25,26)27)29-21(31)15-9-7-14(8-10-15)12-32-22-18(35-23(32)33)11-28-20(30-22)16-5-3-4-6-17(16)34-2/h3-11,13H,12H2,1-2H3. The number of alkyl halides is 3. The van der Waals surface area contributed by atoms with Crippen LogP contribution < -0.4 is 9.61 Å². The predicted octanol–water partition coefficient (Wildman–Crippen LogP) is 5.00. The van der Waals surface area contributed by atoms with E-state index in [1.165, 1.54) is 11.6 Å². The van der Waals surface area contributed by atoms with E-state index in [1.54, 1.807) is 42.1 Å². The van der Waals surface area contributed by atoms with Crippen molar-refractivity contribution in [1.29, 1.82) is 0 Å². The Morgan fingerprint density at radius 2 is 1.80 bits per heavy atom. The second kappa shape index (κ2) is 8.66. The number of benzene rings is 2. The zero-order valence-corrected chi connectivity index (χ0v) is 19.4. The maximum absolute atomic E-state index is 13.0. The molecule has 5 rings (SSSR count). The predicted molar refractivity (Wildman–Crippen MR) is 126 cm³/mol. The Hall–Kier alpha value is -3.99. The monoisotopic (exact) mass is 497 g/mol. The third kappa shape index (κ3) is 4.30. The lowest BCUT2D eigenvalue weighted by Gasteiger charge is -2.08. The highest BCUT2D eigenvalue weighted by Gasteiger charge is 2.34. The van der Waals surface area contributed by atoms with Gasteiger partial charge in [0.25, 0.3) is 0 Å². The fraction of sp³-hybridized carbons (Fsp3) is 0.167. The molecule has 11 heteroatoms. The van der Waals surface area contributed by atoms with Gasteiger partial charge in [0.1, 0.15) is 11.6 Å². The third-order valence-corrected chi connectivity index (χ3v) is 6.38. The van der Waals surface area contributed by atoms with Crippen molar-refractivity contribution in [3.05, 3.63) is 81.8 Å². The second-order valence-electron chi connectivity index (χ2n) is 7.79. The highest BCUT2D eigenvalue weighted by Crippen LogP contribution is 2.31. The quantitative estimate of drug-likeness (QED) is 0.342. The molecule has 0 bridgehead atoms. The molecular weight excluding hydrogens is 479 g/mol. The molecule has 3 heterocycles. The van der Waals surface area contributed by atoms with Crippen LogP contribution in [0.3, 0.4) is 0 Å². The number of rotatable bonds is 5. The number of methoxy groups -OCH3 is 1. The first-order chi connectivity index (χ1) is 16.7. The van der Waals surface area contributed by atoms with E-state index in [2.05, 4.69) is 15.0 Å².